The molecule has 0 amide bonds. The third-order valence-electron chi connectivity index (χ3n) is 2.09. The fraction of sp³-hybridized carbons (Fsp3) is 0.222. The number of hydrogen-bond donors (Lipinski definition) is 0. The molecule has 0 fully saturated rings. The molecule has 7 heteroatoms. The van der Waals surface area contributed by atoms with E-state index in [9.17, 15) is 14.9 Å². The fourth-order valence-electron chi connectivity index (χ4n) is 1.44. The van der Waals surface area contributed by atoms with Crippen molar-refractivity contribution in [2.75, 3.05) is 6.79 Å². The second-order valence-corrected chi connectivity index (χ2v) is 2.97. The monoisotopic (exact) mass is 225 g/mol. The number of rotatable bonds is 4. The number of nitro benzene ring substituents is 1. The Balaban J connectivity index is 2.45. The van der Waals surface area contributed by atoms with Crippen molar-refractivity contribution in [2.45, 2.75) is 6.61 Å². The molecule has 1 heterocycles. The van der Waals surface area contributed by atoms with Gasteiger partial charge in [-0.15, -0.1) is 0 Å². The van der Waals surface area contributed by atoms with Crippen molar-refractivity contribution < 1.29 is 23.9 Å². The lowest BCUT2D eigenvalue weighted by Crippen LogP contribution is -2.00. The van der Waals surface area contributed by atoms with Crippen molar-refractivity contribution in [3.63, 3.8) is 0 Å². The summed E-state index contributed by atoms with van der Waals surface area (Å²) < 4.78 is 14.5. The van der Waals surface area contributed by atoms with Crippen LogP contribution >= 0.6 is 0 Å². The molecular formula is C9H7NO6. The zero-order valence-corrected chi connectivity index (χ0v) is 8.04. The van der Waals surface area contributed by atoms with E-state index in [1.807, 2.05) is 0 Å². The molecule has 0 bridgehead atoms. The molecule has 0 spiro atoms. The zero-order chi connectivity index (χ0) is 11.5. The maximum Gasteiger partial charge on any atom is 0.321 e. The predicted octanol–water partition coefficient (Wildman–Crippen LogP) is 0.996. The van der Waals surface area contributed by atoms with E-state index in [0.29, 0.717) is 5.75 Å². The van der Waals surface area contributed by atoms with Crippen LogP contribution in [0.4, 0.5) is 5.69 Å². The van der Waals surface area contributed by atoms with Crippen molar-refractivity contribution in [3.8, 4) is 11.5 Å². The molecule has 1 aromatic carbocycles. The molecule has 1 aliphatic heterocycles. The van der Waals surface area contributed by atoms with Gasteiger partial charge < -0.3 is 14.2 Å². The molecule has 1 aliphatic rings. The molecule has 0 atom stereocenters. The van der Waals surface area contributed by atoms with Gasteiger partial charge in [0.1, 0.15) is 6.61 Å². The minimum atomic E-state index is -0.586. The number of nitrogens with zero attached hydrogens (tertiary/aromatic N) is 1. The van der Waals surface area contributed by atoms with Gasteiger partial charge in [-0.2, -0.15) is 0 Å². The summed E-state index contributed by atoms with van der Waals surface area (Å²) in [6.45, 7) is 0.0128. The predicted molar refractivity (Wildman–Crippen MR) is 50.1 cm³/mol. The minimum Gasteiger partial charge on any atom is -0.463 e. The van der Waals surface area contributed by atoms with Gasteiger partial charge in [0.2, 0.25) is 12.5 Å². The van der Waals surface area contributed by atoms with Crippen molar-refractivity contribution in [2.24, 2.45) is 0 Å². The second-order valence-electron chi connectivity index (χ2n) is 2.97. The highest BCUT2D eigenvalue weighted by Gasteiger charge is 2.29. The summed E-state index contributed by atoms with van der Waals surface area (Å²) in [5.74, 6) is 0.401. The number of ether oxygens (including phenoxy) is 3. The van der Waals surface area contributed by atoms with Gasteiger partial charge in [0.15, 0.2) is 5.75 Å². The van der Waals surface area contributed by atoms with Crippen LogP contribution in [-0.4, -0.2) is 18.2 Å². The van der Waals surface area contributed by atoms with Crippen LogP contribution in [0.2, 0.25) is 0 Å². The highest BCUT2D eigenvalue weighted by atomic mass is 16.7. The van der Waals surface area contributed by atoms with E-state index < -0.39 is 4.92 Å². The Hall–Kier alpha value is -2.31. The number of hydrogen-bond acceptors (Lipinski definition) is 6. The van der Waals surface area contributed by atoms with Crippen LogP contribution in [0.3, 0.4) is 0 Å². The van der Waals surface area contributed by atoms with Crippen molar-refractivity contribution in [1.29, 1.82) is 0 Å². The molecule has 1 aromatic rings. The van der Waals surface area contributed by atoms with Gasteiger partial charge in [-0.1, -0.05) is 0 Å². The average molecular weight is 225 g/mol. The molecule has 16 heavy (non-hydrogen) atoms. The zero-order valence-electron chi connectivity index (χ0n) is 8.04. The van der Waals surface area contributed by atoms with E-state index in [0.717, 1.165) is 0 Å². The van der Waals surface area contributed by atoms with Crippen LogP contribution < -0.4 is 9.47 Å². The second kappa shape index (κ2) is 4.05. The summed E-state index contributed by atoms with van der Waals surface area (Å²) in [6.07, 6.45) is 0. The maximum absolute atomic E-state index is 10.9. The van der Waals surface area contributed by atoms with E-state index in [4.69, 9.17) is 9.47 Å². The first-order valence-electron chi connectivity index (χ1n) is 4.35. The van der Waals surface area contributed by atoms with Gasteiger partial charge in [-0.05, 0) is 12.1 Å². The molecule has 0 saturated heterocycles. The largest absolute Gasteiger partial charge is 0.463 e. The summed E-state index contributed by atoms with van der Waals surface area (Å²) >= 11 is 0. The van der Waals surface area contributed by atoms with Crippen LogP contribution in [0.15, 0.2) is 12.1 Å². The smallest absolute Gasteiger partial charge is 0.321 e. The lowest BCUT2D eigenvalue weighted by Gasteiger charge is -2.03. The highest BCUT2D eigenvalue weighted by Crippen LogP contribution is 2.42. The van der Waals surface area contributed by atoms with Gasteiger partial charge in [0.05, 0.1) is 10.5 Å². The Morgan fingerprint density at radius 1 is 1.50 bits per heavy atom. The van der Waals surface area contributed by atoms with E-state index in [-0.39, 0.29) is 36.9 Å². The lowest BCUT2D eigenvalue weighted by molar-refractivity contribution is -0.386. The maximum atomic E-state index is 10.9. The highest BCUT2D eigenvalue weighted by molar-refractivity contribution is 5.61. The van der Waals surface area contributed by atoms with Crippen molar-refractivity contribution >= 4 is 12.2 Å². The Kier molecular flexibility index (Phi) is 2.59. The molecule has 0 aromatic heterocycles. The van der Waals surface area contributed by atoms with Gasteiger partial charge in [-0.25, -0.2) is 0 Å². The third-order valence-corrected chi connectivity index (χ3v) is 2.09. The van der Waals surface area contributed by atoms with Gasteiger partial charge in [-0.3, -0.25) is 14.9 Å². The van der Waals surface area contributed by atoms with E-state index in [1.54, 1.807) is 6.07 Å². The number of nitro groups is 1. The first-order valence-corrected chi connectivity index (χ1v) is 4.35. The molecule has 0 N–H and O–H groups in total. The first kappa shape index (κ1) is 10.2. The molecule has 0 saturated carbocycles. The standard InChI is InChI=1S/C9H7NO6/c11-4-14-3-6-1-2-7-9(16-5-15-7)8(6)10(12)13/h1-2,4H,3,5H2. The number of fused-ring (bicyclic) bond motifs is 1. The van der Waals surface area contributed by atoms with Gasteiger partial charge in [0, 0.05) is 0 Å². The van der Waals surface area contributed by atoms with Crippen molar-refractivity contribution in [3.05, 3.63) is 27.8 Å². The quantitative estimate of drug-likeness (QED) is 0.431. The fourth-order valence-corrected chi connectivity index (χ4v) is 1.44. The molecule has 0 unspecified atom stereocenters. The van der Waals surface area contributed by atoms with Crippen molar-refractivity contribution in [1.82, 2.24) is 0 Å². The lowest BCUT2D eigenvalue weighted by atomic mass is 10.1. The van der Waals surface area contributed by atoms with Crippen LogP contribution in [-0.2, 0) is 16.1 Å². The van der Waals surface area contributed by atoms with Gasteiger partial charge >= 0.3 is 5.69 Å². The van der Waals surface area contributed by atoms with E-state index >= 15 is 0 Å². The normalized spacial score (nSPS) is 12.2. The minimum absolute atomic E-state index is 0.0475. The molecule has 84 valence electrons. The molecule has 7 nitrogen and oxygen atoms in total. The Labute approximate surface area is 89.7 Å². The molecule has 0 aliphatic carbocycles. The Morgan fingerprint density at radius 2 is 2.31 bits per heavy atom. The molecule has 0 radical (unpaired) electrons. The summed E-state index contributed by atoms with van der Waals surface area (Å²) in [7, 11) is 0. The first-order chi connectivity index (χ1) is 7.74. The van der Waals surface area contributed by atoms with Crippen LogP contribution in [0, 0.1) is 10.1 Å². The number of carbonyl (C=O) groups is 1. The number of carbonyl (C=O) groups excluding carboxylic acids is 1. The van der Waals surface area contributed by atoms with Crippen LogP contribution in [0.5, 0.6) is 11.5 Å². The van der Waals surface area contributed by atoms with E-state index in [1.165, 1.54) is 6.07 Å². The Bertz CT molecular complexity index is 444. The number of benzene rings is 1. The van der Waals surface area contributed by atoms with Crippen LogP contribution in [0.1, 0.15) is 5.56 Å². The summed E-state index contributed by atoms with van der Waals surface area (Å²) in [5.41, 5.74) is 0.0400. The third kappa shape index (κ3) is 1.62. The van der Waals surface area contributed by atoms with E-state index in [2.05, 4.69) is 4.74 Å². The molecular weight excluding hydrogens is 218 g/mol. The Morgan fingerprint density at radius 3 is 3.00 bits per heavy atom. The summed E-state index contributed by atoms with van der Waals surface area (Å²) in [4.78, 5) is 20.3. The topological polar surface area (TPSA) is 87.9 Å². The average Bonchev–Trinajstić information content (AvgIpc) is 2.72. The molecule has 2 rings (SSSR count). The summed E-state index contributed by atoms with van der Waals surface area (Å²) in [6, 6.07) is 3.01. The van der Waals surface area contributed by atoms with Gasteiger partial charge in [0.25, 0.3) is 6.47 Å². The SMILES string of the molecule is O=COCc1ccc2c(c1[N+](=O)[O-])OCO2. The summed E-state index contributed by atoms with van der Waals surface area (Å²) in [5, 5.41) is 10.9. The van der Waals surface area contributed by atoms with Crippen LogP contribution in [0.25, 0.3) is 0 Å².